The first-order valence-corrected chi connectivity index (χ1v) is 7.48. The van der Waals surface area contributed by atoms with Gasteiger partial charge in [0.05, 0.1) is 19.8 Å². The SMILES string of the molecule is [C-]#[N+]/C(=C/c1[nH]c(C)c(CCCOC(C)=O)c1C)C(=O)OCC. The summed E-state index contributed by atoms with van der Waals surface area (Å²) in [5.41, 5.74) is 3.74. The van der Waals surface area contributed by atoms with Gasteiger partial charge in [0.1, 0.15) is 0 Å². The third-order valence-corrected chi connectivity index (χ3v) is 3.39. The van der Waals surface area contributed by atoms with Crippen LogP contribution in [0.5, 0.6) is 0 Å². The molecule has 1 aromatic rings. The van der Waals surface area contributed by atoms with Gasteiger partial charge in [0, 0.05) is 18.3 Å². The van der Waals surface area contributed by atoms with E-state index in [4.69, 9.17) is 16.0 Å². The maximum Gasteiger partial charge on any atom is 0.336 e. The summed E-state index contributed by atoms with van der Waals surface area (Å²) in [5, 5.41) is 0. The van der Waals surface area contributed by atoms with Crippen LogP contribution < -0.4 is 0 Å². The van der Waals surface area contributed by atoms with Crippen molar-refractivity contribution < 1.29 is 19.1 Å². The van der Waals surface area contributed by atoms with Gasteiger partial charge in [-0.05, 0) is 50.8 Å². The van der Waals surface area contributed by atoms with Gasteiger partial charge in [0.15, 0.2) is 0 Å². The van der Waals surface area contributed by atoms with Crippen LogP contribution in [0.1, 0.15) is 42.8 Å². The molecule has 1 heterocycles. The predicted molar refractivity (Wildman–Crippen MR) is 86.4 cm³/mol. The van der Waals surface area contributed by atoms with Crippen LogP contribution in [-0.4, -0.2) is 30.1 Å². The van der Waals surface area contributed by atoms with E-state index >= 15 is 0 Å². The van der Waals surface area contributed by atoms with E-state index in [1.165, 1.54) is 13.0 Å². The van der Waals surface area contributed by atoms with E-state index in [9.17, 15) is 9.59 Å². The lowest BCUT2D eigenvalue weighted by Crippen LogP contribution is -2.05. The topological polar surface area (TPSA) is 72.8 Å². The average molecular weight is 318 g/mol. The number of aryl methyl sites for hydroxylation is 1. The van der Waals surface area contributed by atoms with Gasteiger partial charge in [-0.1, -0.05) is 0 Å². The fourth-order valence-corrected chi connectivity index (χ4v) is 2.28. The summed E-state index contributed by atoms with van der Waals surface area (Å²) in [6, 6.07) is 0. The van der Waals surface area contributed by atoms with Crippen LogP contribution in [0, 0.1) is 20.4 Å². The molecule has 1 aromatic heterocycles. The van der Waals surface area contributed by atoms with Gasteiger partial charge in [-0.15, -0.1) is 0 Å². The van der Waals surface area contributed by atoms with Gasteiger partial charge in [-0.2, -0.15) is 0 Å². The summed E-state index contributed by atoms with van der Waals surface area (Å²) in [4.78, 5) is 28.9. The van der Waals surface area contributed by atoms with Crippen LogP contribution in [0.15, 0.2) is 5.70 Å². The molecule has 0 aliphatic rings. The van der Waals surface area contributed by atoms with Crippen LogP contribution in [0.3, 0.4) is 0 Å². The highest BCUT2D eigenvalue weighted by Gasteiger charge is 2.15. The van der Waals surface area contributed by atoms with Crippen molar-refractivity contribution in [2.24, 2.45) is 0 Å². The summed E-state index contributed by atoms with van der Waals surface area (Å²) in [5.74, 6) is -0.905. The molecule has 0 radical (unpaired) electrons. The molecule has 0 bridgehead atoms. The Morgan fingerprint density at radius 1 is 1.30 bits per heavy atom. The summed E-state index contributed by atoms with van der Waals surface area (Å²) in [7, 11) is 0. The summed E-state index contributed by atoms with van der Waals surface area (Å²) in [6.45, 7) is 14.7. The van der Waals surface area contributed by atoms with E-state index in [1.807, 2.05) is 13.8 Å². The lowest BCUT2D eigenvalue weighted by atomic mass is 10.0. The zero-order valence-corrected chi connectivity index (χ0v) is 14.0. The number of carbonyl (C=O) groups excluding carboxylic acids is 2. The van der Waals surface area contributed by atoms with Gasteiger partial charge < -0.3 is 14.5 Å². The minimum atomic E-state index is -0.620. The third-order valence-electron chi connectivity index (χ3n) is 3.39. The fraction of sp³-hybridized carbons (Fsp3) is 0.471. The number of aromatic nitrogens is 1. The van der Waals surface area contributed by atoms with Crippen molar-refractivity contribution in [2.45, 2.75) is 40.5 Å². The highest BCUT2D eigenvalue weighted by atomic mass is 16.5. The van der Waals surface area contributed by atoms with Crippen LogP contribution >= 0.6 is 0 Å². The van der Waals surface area contributed by atoms with Gasteiger partial charge in [-0.25, -0.2) is 4.85 Å². The average Bonchev–Trinajstić information content (AvgIpc) is 2.75. The molecule has 6 nitrogen and oxygen atoms in total. The summed E-state index contributed by atoms with van der Waals surface area (Å²) < 4.78 is 9.79. The lowest BCUT2D eigenvalue weighted by Gasteiger charge is -2.04. The van der Waals surface area contributed by atoms with E-state index in [0.29, 0.717) is 6.61 Å². The number of carbonyl (C=O) groups is 2. The Morgan fingerprint density at radius 2 is 2.00 bits per heavy atom. The molecule has 0 spiro atoms. The number of hydrogen-bond donors (Lipinski definition) is 1. The third kappa shape index (κ3) is 5.29. The number of esters is 2. The Hall–Kier alpha value is -2.55. The molecule has 23 heavy (non-hydrogen) atoms. The molecule has 0 aromatic carbocycles. The van der Waals surface area contributed by atoms with Crippen LogP contribution in [0.2, 0.25) is 0 Å². The summed E-state index contributed by atoms with van der Waals surface area (Å²) >= 11 is 0. The maximum absolute atomic E-state index is 11.7. The van der Waals surface area contributed by atoms with E-state index in [2.05, 4.69) is 9.83 Å². The first-order valence-electron chi connectivity index (χ1n) is 7.48. The largest absolute Gasteiger partial charge is 0.471 e. The Kier molecular flexibility index (Phi) is 7.07. The van der Waals surface area contributed by atoms with Gasteiger partial charge in [-0.3, -0.25) is 9.59 Å². The second-order valence-electron chi connectivity index (χ2n) is 5.07. The molecule has 0 saturated heterocycles. The van der Waals surface area contributed by atoms with E-state index in [1.54, 1.807) is 6.92 Å². The van der Waals surface area contributed by atoms with E-state index < -0.39 is 5.97 Å². The molecular formula is C17H22N2O4. The maximum atomic E-state index is 11.7. The van der Waals surface area contributed by atoms with E-state index in [-0.39, 0.29) is 18.3 Å². The van der Waals surface area contributed by atoms with Crippen molar-refractivity contribution in [3.8, 4) is 0 Å². The molecular weight excluding hydrogens is 296 g/mol. The zero-order chi connectivity index (χ0) is 17.4. The van der Waals surface area contributed by atoms with Crippen molar-refractivity contribution >= 4 is 18.0 Å². The number of nitrogens with zero attached hydrogens (tertiary/aromatic N) is 1. The first-order chi connectivity index (χ1) is 10.9. The number of rotatable bonds is 7. The van der Waals surface area contributed by atoms with Crippen molar-refractivity contribution in [1.29, 1.82) is 0 Å². The van der Waals surface area contributed by atoms with Crippen LogP contribution in [-0.2, 0) is 25.5 Å². The fourth-order valence-electron chi connectivity index (χ4n) is 2.28. The van der Waals surface area contributed by atoms with Gasteiger partial charge in [0.25, 0.3) is 5.70 Å². The molecule has 124 valence electrons. The molecule has 0 aliphatic carbocycles. The minimum absolute atomic E-state index is 0.0531. The molecule has 1 rings (SSSR count). The predicted octanol–water partition coefficient (Wildman–Crippen LogP) is 2.95. The Balaban J connectivity index is 2.90. The number of aromatic amines is 1. The normalized spacial score (nSPS) is 11.0. The molecule has 0 aliphatic heterocycles. The Bertz CT molecular complexity index is 650. The molecule has 0 saturated carbocycles. The number of hydrogen-bond acceptors (Lipinski definition) is 4. The Labute approximate surface area is 136 Å². The van der Waals surface area contributed by atoms with E-state index in [0.717, 1.165) is 35.4 Å². The number of H-pyrrole nitrogens is 1. The Morgan fingerprint density at radius 3 is 2.57 bits per heavy atom. The monoisotopic (exact) mass is 318 g/mol. The smallest absolute Gasteiger partial charge is 0.336 e. The standard InChI is InChI=1S/C17H22N2O4/c1-6-22-17(21)16(18-5)10-15-11(2)14(12(3)19-15)8-7-9-23-13(4)20/h10,19H,6-9H2,1-4H3/b16-10+. The summed E-state index contributed by atoms with van der Waals surface area (Å²) in [6.07, 6.45) is 2.99. The second kappa shape index (κ2) is 8.79. The molecule has 6 heteroatoms. The van der Waals surface area contributed by atoms with Gasteiger partial charge >= 0.3 is 11.9 Å². The number of ether oxygens (including phenoxy) is 2. The molecule has 1 N–H and O–H groups in total. The zero-order valence-electron chi connectivity index (χ0n) is 14.0. The quantitative estimate of drug-likeness (QED) is 0.363. The van der Waals surface area contributed by atoms with Crippen molar-refractivity contribution in [2.75, 3.05) is 13.2 Å². The molecule has 0 unspecified atom stereocenters. The first kappa shape index (κ1) is 18.5. The van der Waals surface area contributed by atoms with Crippen LogP contribution in [0.4, 0.5) is 0 Å². The highest BCUT2D eigenvalue weighted by molar-refractivity contribution is 5.95. The lowest BCUT2D eigenvalue weighted by molar-refractivity contribution is -0.141. The van der Waals surface area contributed by atoms with Gasteiger partial charge in [0.2, 0.25) is 0 Å². The van der Waals surface area contributed by atoms with Crippen molar-refractivity contribution in [3.63, 3.8) is 0 Å². The molecule has 0 atom stereocenters. The van der Waals surface area contributed by atoms with Crippen LogP contribution in [0.25, 0.3) is 10.9 Å². The molecule has 0 fully saturated rings. The number of nitrogens with one attached hydrogen (secondary N) is 1. The highest BCUT2D eigenvalue weighted by Crippen LogP contribution is 2.22. The second-order valence-corrected chi connectivity index (χ2v) is 5.07. The molecule has 0 amide bonds. The minimum Gasteiger partial charge on any atom is -0.471 e. The van der Waals surface area contributed by atoms with Crippen molar-refractivity contribution in [1.82, 2.24) is 4.98 Å². The van der Waals surface area contributed by atoms with Crippen molar-refractivity contribution in [3.05, 3.63) is 39.6 Å².